The van der Waals surface area contributed by atoms with E-state index < -0.39 is 0 Å². The summed E-state index contributed by atoms with van der Waals surface area (Å²) in [5.41, 5.74) is 2.08. The van der Waals surface area contributed by atoms with Gasteiger partial charge < -0.3 is 4.57 Å². The summed E-state index contributed by atoms with van der Waals surface area (Å²) in [5, 5.41) is 0. The van der Waals surface area contributed by atoms with Crippen molar-refractivity contribution >= 4 is 22.6 Å². The van der Waals surface area contributed by atoms with Crippen molar-refractivity contribution in [2.24, 2.45) is 5.41 Å². The highest BCUT2D eigenvalue weighted by Gasteiger charge is 2.33. The maximum atomic E-state index is 13.3. The maximum Gasteiger partial charge on any atom is 0.125 e. The van der Waals surface area contributed by atoms with E-state index in [2.05, 4.69) is 16.5 Å². The summed E-state index contributed by atoms with van der Waals surface area (Å²) in [5.74, 6) is 0.983. The van der Waals surface area contributed by atoms with Gasteiger partial charge in [0.15, 0.2) is 0 Å². The van der Waals surface area contributed by atoms with Gasteiger partial charge >= 0.3 is 0 Å². The van der Waals surface area contributed by atoms with Gasteiger partial charge in [0.2, 0.25) is 0 Å². The van der Waals surface area contributed by atoms with Gasteiger partial charge in [0, 0.05) is 12.6 Å². The molecule has 0 amide bonds. The van der Waals surface area contributed by atoms with Crippen LogP contribution in [-0.2, 0) is 12.4 Å². The second kappa shape index (κ2) is 5.36. The predicted molar refractivity (Wildman–Crippen MR) is 80.4 cm³/mol. The van der Waals surface area contributed by atoms with Gasteiger partial charge in [-0.3, -0.25) is 0 Å². The fourth-order valence-corrected chi connectivity index (χ4v) is 3.72. The van der Waals surface area contributed by atoms with Gasteiger partial charge in [-0.2, -0.15) is 0 Å². The topological polar surface area (TPSA) is 17.8 Å². The molecule has 1 aliphatic rings. The van der Waals surface area contributed by atoms with Gasteiger partial charge in [-0.05, 0) is 36.8 Å². The van der Waals surface area contributed by atoms with Gasteiger partial charge in [0.05, 0.1) is 16.9 Å². The zero-order chi connectivity index (χ0) is 14.2. The summed E-state index contributed by atoms with van der Waals surface area (Å²) in [6, 6.07) is 4.83. The molecule has 20 heavy (non-hydrogen) atoms. The molecule has 0 atom stereocenters. The molecule has 0 bridgehead atoms. The highest BCUT2D eigenvalue weighted by molar-refractivity contribution is 6.16. The van der Waals surface area contributed by atoms with Gasteiger partial charge in [-0.25, -0.2) is 9.37 Å². The van der Waals surface area contributed by atoms with Gasteiger partial charge in [-0.15, -0.1) is 11.6 Å². The molecule has 0 saturated heterocycles. The Kier molecular flexibility index (Phi) is 3.72. The minimum absolute atomic E-state index is 0.241. The number of fused-ring (bicyclic) bond motifs is 1. The minimum Gasteiger partial charge on any atom is -0.326 e. The number of aromatic nitrogens is 2. The van der Waals surface area contributed by atoms with Gasteiger partial charge in [0.1, 0.15) is 11.6 Å². The summed E-state index contributed by atoms with van der Waals surface area (Å²) in [7, 11) is 0. The van der Waals surface area contributed by atoms with Crippen LogP contribution < -0.4 is 0 Å². The van der Waals surface area contributed by atoms with E-state index in [0.717, 1.165) is 17.9 Å². The number of hydrogen-bond donors (Lipinski definition) is 0. The third-order valence-electron chi connectivity index (χ3n) is 4.82. The van der Waals surface area contributed by atoms with Crippen LogP contribution in [0.5, 0.6) is 0 Å². The van der Waals surface area contributed by atoms with Crippen molar-refractivity contribution in [1.82, 2.24) is 9.55 Å². The molecule has 1 aliphatic carbocycles. The summed E-state index contributed by atoms with van der Waals surface area (Å²) in [6.45, 7) is 3.22. The normalized spacial score (nSPS) is 17.9. The van der Waals surface area contributed by atoms with Crippen LogP contribution >= 0.6 is 11.6 Å². The van der Waals surface area contributed by atoms with E-state index in [1.165, 1.54) is 44.2 Å². The third-order valence-corrected chi connectivity index (χ3v) is 5.06. The second-order valence-corrected chi connectivity index (χ2v) is 6.21. The number of imidazole rings is 1. The van der Waals surface area contributed by atoms with Crippen LogP contribution in [0.4, 0.5) is 4.39 Å². The van der Waals surface area contributed by atoms with Crippen molar-refractivity contribution in [1.29, 1.82) is 0 Å². The summed E-state index contributed by atoms with van der Waals surface area (Å²) in [6.07, 6.45) is 6.34. The molecule has 1 heterocycles. The molecule has 4 heteroatoms. The first-order valence-electron chi connectivity index (χ1n) is 7.38. The molecule has 0 spiro atoms. The van der Waals surface area contributed by atoms with Crippen LogP contribution in [0.25, 0.3) is 11.0 Å². The standard InChI is InChI=1S/C16H20ClFN2/c1-2-16(7-3-4-8-16)11-20-14-6-5-12(18)9-13(14)19-15(20)10-17/h5-6,9H,2-4,7-8,10-11H2,1H3. The Balaban J connectivity index is 2.05. The number of alkyl halides is 1. The quantitative estimate of drug-likeness (QED) is 0.735. The van der Waals surface area contributed by atoms with Crippen LogP contribution in [0.15, 0.2) is 18.2 Å². The molecule has 3 rings (SSSR count). The number of hydrogen-bond acceptors (Lipinski definition) is 1. The minimum atomic E-state index is -0.241. The first kappa shape index (κ1) is 13.9. The van der Waals surface area contributed by atoms with Crippen molar-refractivity contribution in [2.75, 3.05) is 0 Å². The van der Waals surface area contributed by atoms with Crippen molar-refractivity contribution < 1.29 is 4.39 Å². The van der Waals surface area contributed by atoms with E-state index in [1.807, 2.05) is 6.07 Å². The molecule has 2 nitrogen and oxygen atoms in total. The predicted octanol–water partition coefficient (Wildman–Crippen LogP) is 4.88. The highest BCUT2D eigenvalue weighted by atomic mass is 35.5. The Morgan fingerprint density at radius 3 is 2.75 bits per heavy atom. The molecule has 1 saturated carbocycles. The first-order chi connectivity index (χ1) is 9.67. The van der Waals surface area contributed by atoms with E-state index >= 15 is 0 Å². The molecule has 2 aromatic rings. The van der Waals surface area contributed by atoms with Gasteiger partial charge in [0.25, 0.3) is 0 Å². The molecule has 0 radical (unpaired) electrons. The maximum absolute atomic E-state index is 13.3. The number of nitrogens with zero attached hydrogens (tertiary/aromatic N) is 2. The second-order valence-electron chi connectivity index (χ2n) is 5.94. The molecule has 1 aromatic heterocycles. The largest absolute Gasteiger partial charge is 0.326 e. The van der Waals surface area contributed by atoms with Crippen molar-refractivity contribution in [3.63, 3.8) is 0 Å². The number of halogens is 2. The lowest BCUT2D eigenvalue weighted by Crippen LogP contribution is -2.23. The Labute approximate surface area is 123 Å². The lowest BCUT2D eigenvalue weighted by Gasteiger charge is -2.29. The lowest BCUT2D eigenvalue weighted by atomic mass is 9.83. The number of benzene rings is 1. The van der Waals surface area contributed by atoms with Crippen LogP contribution in [-0.4, -0.2) is 9.55 Å². The Hall–Kier alpha value is -1.09. The molecule has 0 aliphatic heterocycles. The van der Waals surface area contributed by atoms with Crippen molar-refractivity contribution in [3.8, 4) is 0 Å². The monoisotopic (exact) mass is 294 g/mol. The SMILES string of the molecule is CCC1(Cn2c(CCl)nc3cc(F)ccc32)CCCC1. The molecule has 108 valence electrons. The van der Waals surface area contributed by atoms with Crippen LogP contribution in [0.3, 0.4) is 0 Å². The lowest BCUT2D eigenvalue weighted by molar-refractivity contribution is 0.238. The average molecular weight is 295 g/mol. The van der Waals surface area contributed by atoms with Crippen molar-refractivity contribution in [3.05, 3.63) is 29.8 Å². The Morgan fingerprint density at radius 2 is 2.10 bits per heavy atom. The highest BCUT2D eigenvalue weighted by Crippen LogP contribution is 2.43. The molecule has 1 aromatic carbocycles. The zero-order valence-corrected chi connectivity index (χ0v) is 12.6. The van der Waals surface area contributed by atoms with E-state index in [1.54, 1.807) is 0 Å². The average Bonchev–Trinajstić information content (AvgIpc) is 3.04. The molecular weight excluding hydrogens is 275 g/mol. The van der Waals surface area contributed by atoms with E-state index in [-0.39, 0.29) is 5.82 Å². The van der Waals surface area contributed by atoms with E-state index in [9.17, 15) is 4.39 Å². The summed E-state index contributed by atoms with van der Waals surface area (Å²) >= 11 is 6.04. The summed E-state index contributed by atoms with van der Waals surface area (Å²) < 4.78 is 15.6. The van der Waals surface area contributed by atoms with Crippen LogP contribution in [0, 0.1) is 11.2 Å². The van der Waals surface area contributed by atoms with Crippen LogP contribution in [0.2, 0.25) is 0 Å². The van der Waals surface area contributed by atoms with E-state index in [4.69, 9.17) is 11.6 Å². The third kappa shape index (κ3) is 2.32. The molecule has 1 fully saturated rings. The fourth-order valence-electron chi connectivity index (χ4n) is 3.52. The fraction of sp³-hybridized carbons (Fsp3) is 0.562. The Bertz CT molecular complexity index is 614. The van der Waals surface area contributed by atoms with Crippen LogP contribution in [0.1, 0.15) is 44.9 Å². The first-order valence-corrected chi connectivity index (χ1v) is 7.91. The zero-order valence-electron chi connectivity index (χ0n) is 11.8. The van der Waals surface area contributed by atoms with Crippen molar-refractivity contribution in [2.45, 2.75) is 51.5 Å². The molecular formula is C16H20ClFN2. The molecule has 0 N–H and O–H groups in total. The molecule has 0 unspecified atom stereocenters. The van der Waals surface area contributed by atoms with E-state index in [0.29, 0.717) is 16.8 Å². The smallest absolute Gasteiger partial charge is 0.125 e. The number of rotatable bonds is 4. The summed E-state index contributed by atoms with van der Waals surface area (Å²) in [4.78, 5) is 4.49. The van der Waals surface area contributed by atoms with Gasteiger partial charge in [-0.1, -0.05) is 19.8 Å². The Morgan fingerprint density at radius 1 is 1.35 bits per heavy atom.